The predicted octanol–water partition coefficient (Wildman–Crippen LogP) is 5.47. The summed E-state index contributed by atoms with van der Waals surface area (Å²) in [4.78, 5) is 0. The summed E-state index contributed by atoms with van der Waals surface area (Å²) in [6, 6.07) is 10.7. The van der Waals surface area contributed by atoms with Crippen LogP contribution in [0, 0.1) is 6.92 Å². The summed E-state index contributed by atoms with van der Waals surface area (Å²) < 4.78 is 7.19. The molecule has 2 aromatic rings. The van der Waals surface area contributed by atoms with Crippen molar-refractivity contribution >= 4 is 15.9 Å². The van der Waals surface area contributed by atoms with Gasteiger partial charge in [-0.05, 0) is 50.1 Å². The third kappa shape index (κ3) is 3.33. The highest BCUT2D eigenvalue weighted by Gasteiger charge is 2.15. The molecule has 1 atom stereocenters. The number of nitrogens with one attached hydrogen (secondary N) is 1. The average molecular weight is 336 g/mol. The van der Waals surface area contributed by atoms with Gasteiger partial charge >= 0.3 is 0 Å². The molecule has 3 heteroatoms. The molecule has 20 heavy (non-hydrogen) atoms. The van der Waals surface area contributed by atoms with Gasteiger partial charge in [-0.1, -0.05) is 41.9 Å². The maximum Gasteiger partial charge on any atom is 0.134 e. The summed E-state index contributed by atoms with van der Waals surface area (Å²) in [7, 11) is 0. The van der Waals surface area contributed by atoms with E-state index in [2.05, 4.69) is 66.3 Å². The monoisotopic (exact) mass is 335 g/mol. The molecule has 1 heterocycles. The summed E-state index contributed by atoms with van der Waals surface area (Å²) >= 11 is 3.57. The molecule has 0 saturated carbocycles. The third-order valence-electron chi connectivity index (χ3n) is 3.55. The molecule has 108 valence electrons. The van der Waals surface area contributed by atoms with E-state index in [1.807, 2.05) is 6.07 Å². The second-order valence-electron chi connectivity index (χ2n) is 5.03. The Morgan fingerprint density at radius 3 is 2.70 bits per heavy atom. The van der Waals surface area contributed by atoms with Crippen LogP contribution in [0.5, 0.6) is 0 Å². The van der Waals surface area contributed by atoms with Crippen LogP contribution >= 0.6 is 15.9 Å². The van der Waals surface area contributed by atoms with Crippen LogP contribution in [-0.2, 0) is 0 Å². The Bertz CT molecular complexity index is 562. The van der Waals surface area contributed by atoms with Gasteiger partial charge in [0.1, 0.15) is 11.5 Å². The van der Waals surface area contributed by atoms with E-state index in [0.29, 0.717) is 6.04 Å². The molecule has 0 radical (unpaired) electrons. The quantitative estimate of drug-likeness (QED) is 0.757. The van der Waals surface area contributed by atoms with Crippen LogP contribution in [0.15, 0.2) is 39.2 Å². The zero-order chi connectivity index (χ0) is 14.5. The number of halogens is 1. The standard InChI is InChI=1S/C17H22BrNO/c1-4-11-19-15(5-2)17-10-9-16(20-17)13-7-6-8-14(18)12(13)3/h6-10,15,19H,4-5,11H2,1-3H3. The molecule has 2 rings (SSSR count). The number of rotatable bonds is 6. The lowest BCUT2D eigenvalue weighted by Gasteiger charge is -2.13. The average Bonchev–Trinajstić information content (AvgIpc) is 2.92. The van der Waals surface area contributed by atoms with Gasteiger partial charge in [-0.15, -0.1) is 0 Å². The van der Waals surface area contributed by atoms with Crippen molar-refractivity contribution in [1.29, 1.82) is 0 Å². The van der Waals surface area contributed by atoms with E-state index in [-0.39, 0.29) is 0 Å². The Kier molecular flexibility index (Phi) is 5.44. The van der Waals surface area contributed by atoms with Crippen molar-refractivity contribution in [2.75, 3.05) is 6.54 Å². The van der Waals surface area contributed by atoms with E-state index in [1.54, 1.807) is 0 Å². The van der Waals surface area contributed by atoms with Crippen molar-refractivity contribution in [2.45, 2.75) is 39.7 Å². The third-order valence-corrected chi connectivity index (χ3v) is 4.41. The van der Waals surface area contributed by atoms with Crippen LogP contribution in [-0.4, -0.2) is 6.54 Å². The molecule has 0 spiro atoms. The maximum atomic E-state index is 6.07. The molecule has 0 saturated heterocycles. The van der Waals surface area contributed by atoms with Gasteiger partial charge in [0.2, 0.25) is 0 Å². The molecule has 0 aliphatic carbocycles. The summed E-state index contributed by atoms with van der Waals surface area (Å²) in [5.74, 6) is 1.96. The summed E-state index contributed by atoms with van der Waals surface area (Å²) in [5, 5.41) is 3.52. The van der Waals surface area contributed by atoms with Gasteiger partial charge in [0, 0.05) is 10.0 Å². The van der Waals surface area contributed by atoms with Crippen LogP contribution in [0.2, 0.25) is 0 Å². The van der Waals surface area contributed by atoms with Gasteiger partial charge in [0.15, 0.2) is 0 Å². The summed E-state index contributed by atoms with van der Waals surface area (Å²) in [6.07, 6.45) is 2.17. The Balaban J connectivity index is 2.26. The first-order valence-electron chi connectivity index (χ1n) is 7.26. The Morgan fingerprint density at radius 2 is 2.00 bits per heavy atom. The van der Waals surface area contributed by atoms with E-state index < -0.39 is 0 Å². The Morgan fingerprint density at radius 1 is 1.20 bits per heavy atom. The minimum absolute atomic E-state index is 0.302. The van der Waals surface area contributed by atoms with Crippen LogP contribution < -0.4 is 5.32 Å². The fourth-order valence-electron chi connectivity index (χ4n) is 2.32. The highest BCUT2D eigenvalue weighted by atomic mass is 79.9. The lowest BCUT2D eigenvalue weighted by Crippen LogP contribution is -2.20. The van der Waals surface area contributed by atoms with Crippen molar-refractivity contribution in [2.24, 2.45) is 0 Å². The van der Waals surface area contributed by atoms with E-state index in [9.17, 15) is 0 Å². The Labute approximate surface area is 129 Å². The fourth-order valence-corrected chi connectivity index (χ4v) is 2.69. The van der Waals surface area contributed by atoms with E-state index >= 15 is 0 Å². The van der Waals surface area contributed by atoms with Crippen LogP contribution in [0.4, 0.5) is 0 Å². The minimum Gasteiger partial charge on any atom is -0.459 e. The number of furan rings is 1. The zero-order valence-electron chi connectivity index (χ0n) is 12.4. The molecular weight excluding hydrogens is 314 g/mol. The van der Waals surface area contributed by atoms with Crippen LogP contribution in [0.25, 0.3) is 11.3 Å². The van der Waals surface area contributed by atoms with Crippen molar-refractivity contribution in [3.05, 3.63) is 46.1 Å². The van der Waals surface area contributed by atoms with E-state index in [1.165, 1.54) is 5.56 Å². The molecule has 1 aromatic heterocycles. The van der Waals surface area contributed by atoms with Crippen molar-refractivity contribution in [3.8, 4) is 11.3 Å². The zero-order valence-corrected chi connectivity index (χ0v) is 14.0. The first-order valence-corrected chi connectivity index (χ1v) is 8.05. The number of hydrogen-bond donors (Lipinski definition) is 1. The predicted molar refractivity (Wildman–Crippen MR) is 87.9 cm³/mol. The molecule has 0 amide bonds. The van der Waals surface area contributed by atoms with Gasteiger partial charge in [-0.25, -0.2) is 0 Å². The number of hydrogen-bond acceptors (Lipinski definition) is 2. The van der Waals surface area contributed by atoms with Gasteiger partial charge in [-0.3, -0.25) is 0 Å². The SMILES string of the molecule is CCCNC(CC)c1ccc(-c2cccc(Br)c2C)o1. The lowest BCUT2D eigenvalue weighted by molar-refractivity contribution is 0.411. The van der Waals surface area contributed by atoms with Gasteiger partial charge in [0.25, 0.3) is 0 Å². The van der Waals surface area contributed by atoms with Crippen LogP contribution in [0.3, 0.4) is 0 Å². The molecule has 1 N–H and O–H groups in total. The van der Waals surface area contributed by atoms with E-state index in [0.717, 1.165) is 40.9 Å². The molecule has 1 aromatic carbocycles. The maximum absolute atomic E-state index is 6.07. The summed E-state index contributed by atoms with van der Waals surface area (Å²) in [5.41, 5.74) is 2.36. The highest BCUT2D eigenvalue weighted by molar-refractivity contribution is 9.10. The van der Waals surface area contributed by atoms with Gasteiger partial charge in [0.05, 0.1) is 6.04 Å². The minimum atomic E-state index is 0.302. The van der Waals surface area contributed by atoms with Crippen molar-refractivity contribution in [3.63, 3.8) is 0 Å². The normalized spacial score (nSPS) is 12.6. The fraction of sp³-hybridized carbons (Fsp3) is 0.412. The molecule has 0 aliphatic heterocycles. The second kappa shape index (κ2) is 7.09. The molecule has 1 unspecified atom stereocenters. The second-order valence-corrected chi connectivity index (χ2v) is 5.88. The molecule has 2 nitrogen and oxygen atoms in total. The highest BCUT2D eigenvalue weighted by Crippen LogP contribution is 2.31. The topological polar surface area (TPSA) is 25.2 Å². The molecular formula is C17H22BrNO. The van der Waals surface area contributed by atoms with Crippen molar-refractivity contribution < 1.29 is 4.42 Å². The summed E-state index contributed by atoms with van der Waals surface area (Å²) in [6.45, 7) is 7.48. The van der Waals surface area contributed by atoms with Gasteiger partial charge in [-0.2, -0.15) is 0 Å². The molecule has 0 bridgehead atoms. The van der Waals surface area contributed by atoms with Crippen LogP contribution in [0.1, 0.15) is 44.1 Å². The molecule has 0 fully saturated rings. The van der Waals surface area contributed by atoms with E-state index in [4.69, 9.17) is 4.42 Å². The largest absolute Gasteiger partial charge is 0.459 e. The lowest BCUT2D eigenvalue weighted by atomic mass is 10.1. The number of benzene rings is 1. The van der Waals surface area contributed by atoms with Gasteiger partial charge < -0.3 is 9.73 Å². The van der Waals surface area contributed by atoms with Crippen molar-refractivity contribution in [1.82, 2.24) is 5.32 Å². The molecule has 0 aliphatic rings. The smallest absolute Gasteiger partial charge is 0.134 e. The Hall–Kier alpha value is -1.06. The first kappa shape index (κ1) is 15.3. The first-order chi connectivity index (χ1) is 9.67.